The number of nitrogens with zero attached hydrogens (tertiary/aromatic N) is 4. The Morgan fingerprint density at radius 1 is 1.13 bits per heavy atom. The van der Waals surface area contributed by atoms with Crippen molar-refractivity contribution >= 4 is 0 Å². The average molecular weight is 308 g/mol. The summed E-state index contributed by atoms with van der Waals surface area (Å²) in [5, 5.41) is 4.08. The van der Waals surface area contributed by atoms with Crippen LogP contribution in [0.2, 0.25) is 0 Å². The van der Waals surface area contributed by atoms with Gasteiger partial charge in [-0.15, -0.1) is 0 Å². The minimum Gasteiger partial charge on any atom is -0.488 e. The van der Waals surface area contributed by atoms with E-state index in [0.29, 0.717) is 11.7 Å². The van der Waals surface area contributed by atoms with E-state index in [1.54, 1.807) is 12.4 Å². The summed E-state index contributed by atoms with van der Waals surface area (Å²) in [5.74, 6) is 1.98. The Kier molecular flexibility index (Phi) is 3.11. The lowest BCUT2D eigenvalue weighted by molar-refractivity contribution is 0.0725. The molecule has 0 saturated heterocycles. The van der Waals surface area contributed by atoms with Crippen molar-refractivity contribution in [3.05, 3.63) is 54.4 Å². The first-order chi connectivity index (χ1) is 11.1. The number of benzene rings is 1. The van der Waals surface area contributed by atoms with Crippen molar-refractivity contribution in [2.45, 2.75) is 31.8 Å². The van der Waals surface area contributed by atoms with E-state index in [-0.39, 0.29) is 11.5 Å². The molecule has 23 heavy (non-hydrogen) atoms. The van der Waals surface area contributed by atoms with Crippen molar-refractivity contribution in [3.8, 4) is 17.1 Å². The Bertz CT molecular complexity index is 829. The summed E-state index contributed by atoms with van der Waals surface area (Å²) < 4.78 is 11.6. The summed E-state index contributed by atoms with van der Waals surface area (Å²) in [6.07, 6.45) is 5.59. The molecule has 3 aromatic rings. The highest BCUT2D eigenvalue weighted by Gasteiger charge is 2.37. The highest BCUT2D eigenvalue weighted by molar-refractivity contribution is 5.51. The van der Waals surface area contributed by atoms with Gasteiger partial charge in [0.2, 0.25) is 11.7 Å². The molecule has 0 fully saturated rings. The average Bonchev–Trinajstić information content (AvgIpc) is 3.04. The van der Waals surface area contributed by atoms with E-state index in [2.05, 4.69) is 34.0 Å². The predicted octanol–water partition coefficient (Wildman–Crippen LogP) is 3.22. The van der Waals surface area contributed by atoms with Crippen LogP contribution >= 0.6 is 0 Å². The van der Waals surface area contributed by atoms with Crippen molar-refractivity contribution in [2.75, 3.05) is 0 Å². The van der Waals surface area contributed by atoms with Crippen LogP contribution in [0.5, 0.6) is 5.75 Å². The number of fused-ring (bicyclic) bond motifs is 1. The van der Waals surface area contributed by atoms with E-state index in [4.69, 9.17) is 9.26 Å². The molecule has 0 amide bonds. The molecule has 0 bridgehead atoms. The van der Waals surface area contributed by atoms with Crippen LogP contribution in [-0.4, -0.2) is 25.7 Å². The molecule has 1 aliphatic heterocycles. The molecule has 0 aliphatic carbocycles. The number of hydrogen-bond donors (Lipinski definition) is 0. The Morgan fingerprint density at radius 2 is 1.91 bits per heavy atom. The van der Waals surface area contributed by atoms with Crippen LogP contribution < -0.4 is 4.74 Å². The van der Waals surface area contributed by atoms with Crippen molar-refractivity contribution in [3.63, 3.8) is 0 Å². The fourth-order valence-electron chi connectivity index (χ4n) is 2.93. The Morgan fingerprint density at radius 3 is 2.74 bits per heavy atom. The predicted molar refractivity (Wildman–Crippen MR) is 82.9 cm³/mol. The van der Waals surface area contributed by atoms with E-state index in [1.165, 1.54) is 6.33 Å². The molecule has 4 rings (SSSR count). The van der Waals surface area contributed by atoms with E-state index in [0.717, 1.165) is 23.3 Å². The molecule has 1 unspecified atom stereocenters. The lowest BCUT2D eigenvalue weighted by Gasteiger charge is -2.36. The molecule has 0 saturated carbocycles. The molecular weight excluding hydrogens is 292 g/mol. The third-order valence-electron chi connectivity index (χ3n) is 3.93. The number of rotatable bonds is 2. The van der Waals surface area contributed by atoms with Gasteiger partial charge in [-0.1, -0.05) is 23.4 Å². The first-order valence-corrected chi connectivity index (χ1v) is 7.49. The lowest BCUT2D eigenvalue weighted by atomic mass is 9.84. The fraction of sp³-hybridized carbons (Fsp3) is 0.294. The standard InChI is InChI=1S/C17H16N4O2/c1-17(2)7-13(12-5-3-4-6-14(12)22-17)16-20-15(21-23-16)11-8-18-10-19-9-11/h3-6,8-10,13H,7H2,1-2H3. The molecule has 6 heteroatoms. The minimum absolute atomic E-state index is 0.0147. The molecule has 0 spiro atoms. The summed E-state index contributed by atoms with van der Waals surface area (Å²) in [5.41, 5.74) is 1.53. The zero-order chi connectivity index (χ0) is 15.9. The second kappa shape index (κ2) is 5.15. The number of aromatic nitrogens is 4. The smallest absolute Gasteiger partial charge is 0.234 e. The number of hydrogen-bond acceptors (Lipinski definition) is 6. The first kappa shape index (κ1) is 13.9. The monoisotopic (exact) mass is 308 g/mol. The SMILES string of the molecule is CC1(C)CC(c2nc(-c3cncnc3)no2)c2ccccc2O1. The molecule has 0 N–H and O–H groups in total. The molecule has 1 aromatic carbocycles. The van der Waals surface area contributed by atoms with Crippen molar-refractivity contribution in [1.29, 1.82) is 0 Å². The quantitative estimate of drug-likeness (QED) is 0.723. The normalized spacial score (nSPS) is 19.0. The van der Waals surface area contributed by atoms with Crippen LogP contribution in [0, 0.1) is 0 Å². The van der Waals surface area contributed by atoms with Crippen LogP contribution in [0.25, 0.3) is 11.4 Å². The second-order valence-electron chi connectivity index (χ2n) is 6.24. The van der Waals surface area contributed by atoms with Gasteiger partial charge in [0, 0.05) is 24.4 Å². The topological polar surface area (TPSA) is 73.9 Å². The van der Waals surface area contributed by atoms with Gasteiger partial charge < -0.3 is 9.26 Å². The maximum Gasteiger partial charge on any atom is 0.234 e. The van der Waals surface area contributed by atoms with Gasteiger partial charge in [-0.3, -0.25) is 0 Å². The van der Waals surface area contributed by atoms with Gasteiger partial charge in [-0.25, -0.2) is 9.97 Å². The van der Waals surface area contributed by atoms with E-state index >= 15 is 0 Å². The maximum absolute atomic E-state index is 6.05. The van der Waals surface area contributed by atoms with Gasteiger partial charge in [0.15, 0.2) is 0 Å². The molecule has 1 atom stereocenters. The number of para-hydroxylation sites is 1. The molecule has 116 valence electrons. The Hall–Kier alpha value is -2.76. The van der Waals surface area contributed by atoms with Crippen LogP contribution in [-0.2, 0) is 0 Å². The maximum atomic E-state index is 6.05. The third kappa shape index (κ3) is 2.56. The van der Waals surface area contributed by atoms with Gasteiger partial charge in [0.25, 0.3) is 0 Å². The highest BCUT2D eigenvalue weighted by atomic mass is 16.5. The van der Waals surface area contributed by atoms with E-state index < -0.39 is 0 Å². The van der Waals surface area contributed by atoms with Gasteiger partial charge in [-0.2, -0.15) is 4.98 Å². The van der Waals surface area contributed by atoms with E-state index in [9.17, 15) is 0 Å². The summed E-state index contributed by atoms with van der Waals surface area (Å²) in [6, 6.07) is 7.99. The van der Waals surface area contributed by atoms with Gasteiger partial charge in [0.1, 0.15) is 17.7 Å². The van der Waals surface area contributed by atoms with Crippen molar-refractivity contribution < 1.29 is 9.26 Å². The van der Waals surface area contributed by atoms with Gasteiger partial charge in [-0.05, 0) is 19.9 Å². The molecule has 2 aromatic heterocycles. The zero-order valence-electron chi connectivity index (χ0n) is 12.9. The molecule has 6 nitrogen and oxygen atoms in total. The second-order valence-corrected chi connectivity index (χ2v) is 6.24. The number of ether oxygens (including phenoxy) is 1. The third-order valence-corrected chi connectivity index (χ3v) is 3.93. The van der Waals surface area contributed by atoms with Crippen LogP contribution in [0.1, 0.15) is 37.6 Å². The highest BCUT2D eigenvalue weighted by Crippen LogP contribution is 2.43. The summed E-state index contributed by atoms with van der Waals surface area (Å²) >= 11 is 0. The molecule has 1 aliphatic rings. The fourth-order valence-corrected chi connectivity index (χ4v) is 2.93. The van der Waals surface area contributed by atoms with Crippen LogP contribution in [0.3, 0.4) is 0 Å². The molecular formula is C17H16N4O2. The zero-order valence-corrected chi connectivity index (χ0v) is 12.9. The Balaban J connectivity index is 1.75. The van der Waals surface area contributed by atoms with Crippen LogP contribution in [0.15, 0.2) is 47.5 Å². The minimum atomic E-state index is -0.288. The lowest BCUT2D eigenvalue weighted by Crippen LogP contribution is -2.35. The largest absolute Gasteiger partial charge is 0.488 e. The Labute approximate surface area is 133 Å². The van der Waals surface area contributed by atoms with Crippen molar-refractivity contribution in [1.82, 2.24) is 20.1 Å². The van der Waals surface area contributed by atoms with E-state index in [1.807, 2.05) is 24.3 Å². The summed E-state index contributed by atoms with van der Waals surface area (Å²) in [7, 11) is 0. The van der Waals surface area contributed by atoms with Gasteiger partial charge in [0.05, 0.1) is 11.5 Å². The molecule has 0 radical (unpaired) electrons. The van der Waals surface area contributed by atoms with Crippen LogP contribution in [0.4, 0.5) is 0 Å². The first-order valence-electron chi connectivity index (χ1n) is 7.49. The molecule has 3 heterocycles. The summed E-state index contributed by atoms with van der Waals surface area (Å²) in [6.45, 7) is 4.14. The summed E-state index contributed by atoms with van der Waals surface area (Å²) in [4.78, 5) is 12.5. The van der Waals surface area contributed by atoms with Crippen molar-refractivity contribution in [2.24, 2.45) is 0 Å². The van der Waals surface area contributed by atoms with Gasteiger partial charge >= 0.3 is 0 Å².